The summed E-state index contributed by atoms with van der Waals surface area (Å²) in [6, 6.07) is 13.2. The van der Waals surface area contributed by atoms with Crippen LogP contribution in [0.1, 0.15) is 28.6 Å². The monoisotopic (exact) mass is 406 g/mol. The fourth-order valence-corrected chi connectivity index (χ4v) is 4.24. The van der Waals surface area contributed by atoms with Gasteiger partial charge in [-0.2, -0.15) is 0 Å². The van der Waals surface area contributed by atoms with Crippen LogP contribution in [0.15, 0.2) is 66.9 Å². The molecule has 0 spiro atoms. The van der Waals surface area contributed by atoms with E-state index in [0.717, 1.165) is 22.5 Å². The van der Waals surface area contributed by atoms with Crippen LogP contribution in [0.25, 0.3) is 5.57 Å². The highest BCUT2D eigenvalue weighted by Crippen LogP contribution is 2.41. The molecule has 29 heavy (non-hydrogen) atoms. The van der Waals surface area contributed by atoms with Crippen LogP contribution in [-0.2, 0) is 7.05 Å². The summed E-state index contributed by atoms with van der Waals surface area (Å²) in [5, 5.41) is 8.84. The van der Waals surface area contributed by atoms with Crippen molar-refractivity contribution < 1.29 is 0 Å². The molecular weight excluding hydrogens is 384 g/mol. The largest absolute Gasteiger partial charge is 0.323 e. The van der Waals surface area contributed by atoms with Crippen LogP contribution in [0.3, 0.4) is 0 Å². The smallest absolute Gasteiger partial charge is 0.0908 e. The SMILES string of the molecule is Cc1nnn(C)c1C1=CC(N)(C(c2ccccc2)c2ncccc2Cl)C(N)C=C1. The third-order valence-electron chi connectivity index (χ3n) is 5.43. The molecule has 4 N–H and O–H groups in total. The summed E-state index contributed by atoms with van der Waals surface area (Å²) >= 11 is 6.56. The van der Waals surface area contributed by atoms with Gasteiger partial charge in [-0.1, -0.05) is 65.4 Å². The maximum atomic E-state index is 7.08. The lowest BCUT2D eigenvalue weighted by atomic mass is 9.70. The summed E-state index contributed by atoms with van der Waals surface area (Å²) in [4.78, 5) is 4.58. The van der Waals surface area contributed by atoms with Gasteiger partial charge in [-0.15, -0.1) is 5.10 Å². The van der Waals surface area contributed by atoms with Crippen molar-refractivity contribution in [3.05, 3.63) is 94.6 Å². The van der Waals surface area contributed by atoms with Crippen LogP contribution < -0.4 is 11.5 Å². The molecule has 4 rings (SSSR count). The molecule has 3 atom stereocenters. The van der Waals surface area contributed by atoms with Crippen LogP contribution >= 0.6 is 11.6 Å². The number of aromatic nitrogens is 4. The topological polar surface area (TPSA) is 95.6 Å². The summed E-state index contributed by atoms with van der Waals surface area (Å²) in [7, 11) is 1.86. The Balaban J connectivity index is 1.93. The molecule has 1 aliphatic rings. The molecule has 7 heteroatoms. The van der Waals surface area contributed by atoms with E-state index in [1.165, 1.54) is 0 Å². The number of nitrogens with zero attached hydrogens (tertiary/aromatic N) is 4. The molecule has 0 saturated carbocycles. The Hall–Kier alpha value is -2.80. The van der Waals surface area contributed by atoms with Gasteiger partial charge in [0.15, 0.2) is 0 Å². The van der Waals surface area contributed by atoms with Gasteiger partial charge in [-0.25, -0.2) is 4.68 Å². The molecule has 1 aromatic carbocycles. The van der Waals surface area contributed by atoms with E-state index >= 15 is 0 Å². The van der Waals surface area contributed by atoms with Crippen molar-refractivity contribution in [3.63, 3.8) is 0 Å². The highest BCUT2D eigenvalue weighted by Gasteiger charge is 2.43. The zero-order valence-corrected chi connectivity index (χ0v) is 17.1. The number of nitrogens with two attached hydrogens (primary N) is 2. The lowest BCUT2D eigenvalue weighted by Crippen LogP contribution is -2.58. The van der Waals surface area contributed by atoms with Crippen LogP contribution in [0.5, 0.6) is 0 Å². The molecule has 2 aromatic heterocycles. The summed E-state index contributed by atoms with van der Waals surface area (Å²) in [6.45, 7) is 1.92. The lowest BCUT2D eigenvalue weighted by molar-refractivity contribution is 0.415. The van der Waals surface area contributed by atoms with Gasteiger partial charge in [0.1, 0.15) is 0 Å². The van der Waals surface area contributed by atoms with Gasteiger partial charge in [0.2, 0.25) is 0 Å². The molecule has 0 fully saturated rings. The number of hydrogen-bond acceptors (Lipinski definition) is 5. The molecular formula is C22H23ClN6. The molecule has 1 aliphatic carbocycles. The molecule has 0 saturated heterocycles. The number of halogens is 1. The Morgan fingerprint density at radius 2 is 1.93 bits per heavy atom. The predicted molar refractivity (Wildman–Crippen MR) is 115 cm³/mol. The average molecular weight is 407 g/mol. The fraction of sp³-hybridized carbons (Fsp3) is 0.227. The first kappa shape index (κ1) is 19.5. The van der Waals surface area contributed by atoms with Crippen molar-refractivity contribution in [2.24, 2.45) is 18.5 Å². The second kappa shape index (κ2) is 7.55. The Morgan fingerprint density at radius 1 is 1.17 bits per heavy atom. The van der Waals surface area contributed by atoms with Gasteiger partial charge in [-0.3, -0.25) is 4.98 Å². The second-order valence-electron chi connectivity index (χ2n) is 7.35. The summed E-state index contributed by atoms with van der Waals surface area (Å²) in [6.07, 6.45) is 7.63. The molecule has 0 amide bonds. The maximum Gasteiger partial charge on any atom is 0.0908 e. The molecule has 6 nitrogen and oxygen atoms in total. The van der Waals surface area contributed by atoms with Gasteiger partial charge in [0, 0.05) is 19.3 Å². The number of pyridine rings is 1. The molecule has 148 valence electrons. The van der Waals surface area contributed by atoms with E-state index in [1.54, 1.807) is 10.9 Å². The molecule has 0 aliphatic heterocycles. The summed E-state index contributed by atoms with van der Waals surface area (Å²) in [5.74, 6) is -0.339. The normalized spacial score (nSPS) is 22.4. The van der Waals surface area contributed by atoms with E-state index in [2.05, 4.69) is 15.3 Å². The van der Waals surface area contributed by atoms with Crippen LogP contribution in [-0.4, -0.2) is 31.6 Å². The molecule has 0 radical (unpaired) electrons. The number of benzene rings is 1. The molecule has 2 heterocycles. The highest BCUT2D eigenvalue weighted by atomic mass is 35.5. The van der Waals surface area contributed by atoms with E-state index in [0.29, 0.717) is 10.7 Å². The third kappa shape index (κ3) is 3.40. The second-order valence-corrected chi connectivity index (χ2v) is 7.75. The van der Waals surface area contributed by atoms with Crippen LogP contribution in [0.4, 0.5) is 0 Å². The zero-order chi connectivity index (χ0) is 20.6. The minimum absolute atomic E-state index is 0.339. The first-order valence-electron chi connectivity index (χ1n) is 9.39. The Kier molecular flexibility index (Phi) is 5.08. The minimum Gasteiger partial charge on any atom is -0.323 e. The van der Waals surface area contributed by atoms with Crippen molar-refractivity contribution in [2.75, 3.05) is 0 Å². The molecule has 3 aromatic rings. The van der Waals surface area contributed by atoms with Crippen LogP contribution in [0, 0.1) is 6.92 Å². The van der Waals surface area contributed by atoms with Crippen molar-refractivity contribution in [1.29, 1.82) is 0 Å². The van der Waals surface area contributed by atoms with Crippen molar-refractivity contribution in [2.45, 2.75) is 24.4 Å². The first-order chi connectivity index (χ1) is 13.9. The lowest BCUT2D eigenvalue weighted by Gasteiger charge is -2.41. The molecule has 3 unspecified atom stereocenters. The average Bonchev–Trinajstić information content (AvgIpc) is 3.05. The van der Waals surface area contributed by atoms with Crippen molar-refractivity contribution in [3.8, 4) is 0 Å². The van der Waals surface area contributed by atoms with Crippen LogP contribution in [0.2, 0.25) is 5.02 Å². The molecule has 0 bridgehead atoms. The fourth-order valence-electron chi connectivity index (χ4n) is 4.01. The Labute approximate surface area is 174 Å². The van der Waals surface area contributed by atoms with E-state index in [9.17, 15) is 0 Å². The van der Waals surface area contributed by atoms with E-state index in [1.807, 2.05) is 74.7 Å². The van der Waals surface area contributed by atoms with Gasteiger partial charge in [0.05, 0.1) is 33.6 Å². The van der Waals surface area contributed by atoms with Gasteiger partial charge >= 0.3 is 0 Å². The van der Waals surface area contributed by atoms with Crippen molar-refractivity contribution in [1.82, 2.24) is 20.0 Å². The van der Waals surface area contributed by atoms with E-state index in [-0.39, 0.29) is 5.92 Å². The third-order valence-corrected chi connectivity index (χ3v) is 5.75. The van der Waals surface area contributed by atoms with E-state index in [4.69, 9.17) is 23.1 Å². The number of hydrogen-bond donors (Lipinski definition) is 2. The standard InChI is InChI=1S/C22H23ClN6/c1-14-21(29(2)28-27-14)16-10-11-18(24)22(25,13-16)19(15-7-4-3-5-8-15)20-17(23)9-6-12-26-20/h3-13,18-19H,24-25H2,1-2H3. The maximum absolute atomic E-state index is 7.08. The minimum atomic E-state index is -0.958. The summed E-state index contributed by atoms with van der Waals surface area (Å²) < 4.78 is 1.74. The number of allylic oxidation sites excluding steroid dienone is 2. The zero-order valence-electron chi connectivity index (χ0n) is 16.3. The van der Waals surface area contributed by atoms with Gasteiger partial charge in [-0.05, 0) is 30.2 Å². The van der Waals surface area contributed by atoms with Gasteiger partial charge in [0.25, 0.3) is 0 Å². The predicted octanol–water partition coefficient (Wildman–Crippen LogP) is 2.98. The first-order valence-corrected chi connectivity index (χ1v) is 9.77. The quantitative estimate of drug-likeness (QED) is 0.694. The highest BCUT2D eigenvalue weighted by molar-refractivity contribution is 6.31. The van der Waals surface area contributed by atoms with Crippen molar-refractivity contribution >= 4 is 17.2 Å². The summed E-state index contributed by atoms with van der Waals surface area (Å²) in [5.41, 5.74) is 17.0. The number of aryl methyl sites for hydroxylation is 2. The Bertz CT molecular complexity index is 1070. The number of rotatable bonds is 4. The van der Waals surface area contributed by atoms with E-state index < -0.39 is 11.6 Å². The Morgan fingerprint density at radius 3 is 2.59 bits per heavy atom. The van der Waals surface area contributed by atoms with Gasteiger partial charge < -0.3 is 11.5 Å².